The largest absolute Gasteiger partial charge is 0.466 e. The van der Waals surface area contributed by atoms with Crippen LogP contribution >= 0.6 is 27.5 Å². The van der Waals surface area contributed by atoms with Crippen molar-refractivity contribution < 1.29 is 18.3 Å². The minimum Gasteiger partial charge on any atom is -0.466 e. The van der Waals surface area contributed by atoms with Gasteiger partial charge in [-0.05, 0) is 13.0 Å². The first-order valence-electron chi connectivity index (χ1n) is 4.74. The first-order valence-corrected chi connectivity index (χ1v) is 5.91. The number of aromatic nitrogens is 1. The monoisotopic (exact) mass is 327 g/mol. The van der Waals surface area contributed by atoms with Crippen molar-refractivity contribution in [2.45, 2.75) is 19.8 Å². The number of alkyl halides is 2. The van der Waals surface area contributed by atoms with Crippen molar-refractivity contribution in [1.29, 1.82) is 0 Å². The van der Waals surface area contributed by atoms with Crippen LogP contribution in [0.4, 0.5) is 8.78 Å². The zero-order chi connectivity index (χ0) is 13.0. The summed E-state index contributed by atoms with van der Waals surface area (Å²) < 4.78 is 29.9. The molecule has 0 fully saturated rings. The van der Waals surface area contributed by atoms with E-state index < -0.39 is 18.1 Å². The molecule has 3 nitrogen and oxygen atoms in total. The highest BCUT2D eigenvalue weighted by Crippen LogP contribution is 2.29. The molecule has 0 bridgehead atoms. The summed E-state index contributed by atoms with van der Waals surface area (Å²) in [5.74, 6) is -0.485. The van der Waals surface area contributed by atoms with Gasteiger partial charge in [-0.1, -0.05) is 27.5 Å². The van der Waals surface area contributed by atoms with Crippen molar-refractivity contribution in [3.63, 3.8) is 0 Å². The third-order valence-electron chi connectivity index (χ3n) is 1.89. The molecule has 0 N–H and O–H groups in total. The van der Waals surface area contributed by atoms with E-state index in [2.05, 4.69) is 20.9 Å². The molecule has 0 aliphatic heterocycles. The molecule has 0 saturated carbocycles. The molecule has 1 rings (SSSR count). The van der Waals surface area contributed by atoms with Gasteiger partial charge in [0.25, 0.3) is 6.43 Å². The highest BCUT2D eigenvalue weighted by Gasteiger charge is 2.17. The molecule has 0 aliphatic rings. The highest BCUT2D eigenvalue weighted by molar-refractivity contribution is 9.10. The number of ether oxygens (including phenoxy) is 1. The van der Waals surface area contributed by atoms with Gasteiger partial charge in [0.2, 0.25) is 0 Å². The second-order valence-corrected chi connectivity index (χ2v) is 4.29. The van der Waals surface area contributed by atoms with Gasteiger partial charge >= 0.3 is 5.97 Å². The first-order chi connectivity index (χ1) is 7.95. The molecule has 17 heavy (non-hydrogen) atoms. The number of esters is 1. The van der Waals surface area contributed by atoms with Gasteiger partial charge in [-0.15, -0.1) is 0 Å². The molecule has 0 unspecified atom stereocenters. The molecule has 7 heteroatoms. The second kappa shape index (κ2) is 6.26. The Labute approximate surface area is 110 Å². The molecule has 0 radical (unpaired) electrons. The summed E-state index contributed by atoms with van der Waals surface area (Å²) in [5, 5.41) is -0.122. The number of carbonyl (C=O) groups excluding carboxylic acids is 1. The smallest absolute Gasteiger partial charge is 0.310 e. The minimum atomic E-state index is -2.71. The summed E-state index contributed by atoms with van der Waals surface area (Å²) in [5.41, 5.74) is -0.0935. The molecule has 94 valence electrons. The second-order valence-electron chi connectivity index (χ2n) is 3.08. The van der Waals surface area contributed by atoms with Crippen LogP contribution in [0.5, 0.6) is 0 Å². The summed E-state index contributed by atoms with van der Waals surface area (Å²) in [6.45, 7) is 1.92. The zero-order valence-electron chi connectivity index (χ0n) is 8.84. The lowest BCUT2D eigenvalue weighted by atomic mass is 10.2. The van der Waals surface area contributed by atoms with Crippen molar-refractivity contribution in [2.24, 2.45) is 0 Å². The fourth-order valence-electron chi connectivity index (χ4n) is 1.15. The molecule has 0 saturated heterocycles. The van der Waals surface area contributed by atoms with Crippen LogP contribution < -0.4 is 0 Å². The minimum absolute atomic E-state index is 0.107. The molecular weight excluding hydrogens is 319 g/mol. The van der Waals surface area contributed by atoms with Gasteiger partial charge < -0.3 is 4.74 Å². The van der Waals surface area contributed by atoms with Crippen molar-refractivity contribution in [1.82, 2.24) is 4.98 Å². The Hall–Kier alpha value is -0.750. The van der Waals surface area contributed by atoms with Crippen LogP contribution in [0.2, 0.25) is 5.15 Å². The Morgan fingerprint density at radius 2 is 2.29 bits per heavy atom. The van der Waals surface area contributed by atoms with Crippen molar-refractivity contribution in [3.05, 3.63) is 26.9 Å². The fourth-order valence-corrected chi connectivity index (χ4v) is 2.10. The number of pyridine rings is 1. The van der Waals surface area contributed by atoms with Gasteiger partial charge in [0.15, 0.2) is 0 Å². The number of hydrogen-bond donors (Lipinski definition) is 0. The van der Waals surface area contributed by atoms with Crippen LogP contribution in [0.1, 0.15) is 24.6 Å². The quantitative estimate of drug-likeness (QED) is 0.627. The van der Waals surface area contributed by atoms with Gasteiger partial charge in [-0.2, -0.15) is 0 Å². The van der Waals surface area contributed by atoms with Crippen LogP contribution in [-0.2, 0) is 16.0 Å². The fraction of sp³-hybridized carbons (Fsp3) is 0.400. The van der Waals surface area contributed by atoms with E-state index in [-0.39, 0.29) is 18.2 Å². The predicted octanol–water partition coefficient (Wildman–Crippen LogP) is 3.54. The molecular formula is C10H9BrClF2NO2. The molecule has 0 amide bonds. The van der Waals surface area contributed by atoms with Crippen LogP contribution in [-0.4, -0.2) is 17.6 Å². The molecule has 0 aromatic carbocycles. The standard InChI is InChI=1S/C10H9BrClF2NO2/c1-2-17-8(16)3-5-6(11)4-7(10(13)14)15-9(5)12/h4,10H,2-3H2,1H3. The summed E-state index contributed by atoms with van der Waals surface area (Å²) >= 11 is 8.82. The third-order valence-corrected chi connectivity index (χ3v) is 2.91. The lowest BCUT2D eigenvalue weighted by molar-refractivity contribution is -0.142. The van der Waals surface area contributed by atoms with E-state index in [0.29, 0.717) is 10.0 Å². The maximum absolute atomic E-state index is 12.4. The number of halogens is 4. The predicted molar refractivity (Wildman–Crippen MR) is 62.2 cm³/mol. The van der Waals surface area contributed by atoms with E-state index in [1.807, 2.05) is 0 Å². The van der Waals surface area contributed by atoms with E-state index >= 15 is 0 Å². The Kier molecular flexibility index (Phi) is 5.27. The van der Waals surface area contributed by atoms with E-state index in [9.17, 15) is 13.6 Å². The van der Waals surface area contributed by atoms with Crippen LogP contribution in [0.25, 0.3) is 0 Å². The van der Waals surface area contributed by atoms with E-state index in [1.165, 1.54) is 0 Å². The van der Waals surface area contributed by atoms with Crippen LogP contribution in [0.3, 0.4) is 0 Å². The highest BCUT2D eigenvalue weighted by atomic mass is 79.9. The van der Waals surface area contributed by atoms with Crippen LogP contribution in [0.15, 0.2) is 10.5 Å². The molecule has 0 atom stereocenters. The van der Waals surface area contributed by atoms with E-state index in [4.69, 9.17) is 16.3 Å². The summed E-state index contributed by atoms with van der Waals surface area (Å²) in [7, 11) is 0. The molecule has 1 aromatic heterocycles. The maximum atomic E-state index is 12.4. The van der Waals surface area contributed by atoms with Gasteiger partial charge in [-0.3, -0.25) is 4.79 Å². The van der Waals surface area contributed by atoms with Gasteiger partial charge in [0.1, 0.15) is 10.8 Å². The van der Waals surface area contributed by atoms with Gasteiger partial charge in [-0.25, -0.2) is 13.8 Å². The van der Waals surface area contributed by atoms with Crippen molar-refractivity contribution in [3.8, 4) is 0 Å². The van der Waals surface area contributed by atoms with E-state index in [1.54, 1.807) is 6.92 Å². The van der Waals surface area contributed by atoms with Gasteiger partial charge in [0, 0.05) is 10.0 Å². The number of hydrogen-bond acceptors (Lipinski definition) is 3. The zero-order valence-corrected chi connectivity index (χ0v) is 11.2. The third kappa shape index (κ3) is 3.89. The molecule has 0 aliphatic carbocycles. The SMILES string of the molecule is CCOC(=O)Cc1c(Br)cc(C(F)F)nc1Cl. The van der Waals surface area contributed by atoms with Crippen LogP contribution in [0, 0.1) is 0 Å². The van der Waals surface area contributed by atoms with Crippen molar-refractivity contribution >= 4 is 33.5 Å². The first kappa shape index (κ1) is 14.3. The lowest BCUT2D eigenvalue weighted by Gasteiger charge is -2.08. The normalized spacial score (nSPS) is 10.7. The summed E-state index contributed by atoms with van der Waals surface area (Å²) in [6.07, 6.45) is -2.82. The lowest BCUT2D eigenvalue weighted by Crippen LogP contribution is -2.09. The number of carbonyl (C=O) groups is 1. The topological polar surface area (TPSA) is 39.2 Å². The molecule has 0 spiro atoms. The van der Waals surface area contributed by atoms with E-state index in [0.717, 1.165) is 6.07 Å². The Bertz CT molecular complexity index is 406. The Balaban J connectivity index is 2.97. The Morgan fingerprint density at radius 1 is 1.65 bits per heavy atom. The molecule has 1 heterocycles. The van der Waals surface area contributed by atoms with Crippen molar-refractivity contribution in [2.75, 3.05) is 6.61 Å². The number of rotatable bonds is 4. The average molecular weight is 329 g/mol. The average Bonchev–Trinajstić information content (AvgIpc) is 2.23. The maximum Gasteiger partial charge on any atom is 0.310 e. The van der Waals surface area contributed by atoms with Gasteiger partial charge in [0.05, 0.1) is 13.0 Å². The summed E-state index contributed by atoms with van der Waals surface area (Å²) in [4.78, 5) is 14.8. The Morgan fingerprint density at radius 3 is 2.76 bits per heavy atom. The number of nitrogens with zero attached hydrogens (tertiary/aromatic N) is 1. The summed E-state index contributed by atoms with van der Waals surface area (Å²) in [6, 6.07) is 1.14. The molecule has 1 aromatic rings.